The molecule has 0 saturated carbocycles. The predicted octanol–water partition coefficient (Wildman–Crippen LogP) is 2.95. The van der Waals surface area contributed by atoms with Gasteiger partial charge in [-0.05, 0) is 37.5 Å². The fourth-order valence-electron chi connectivity index (χ4n) is 4.28. The lowest BCUT2D eigenvalue weighted by Crippen LogP contribution is -2.35. The number of furan rings is 1. The van der Waals surface area contributed by atoms with Crippen molar-refractivity contribution in [3.63, 3.8) is 0 Å². The molecule has 0 spiro atoms. The minimum absolute atomic E-state index is 0.0873. The first-order chi connectivity index (χ1) is 15.5. The first-order valence-electron chi connectivity index (χ1n) is 10.8. The Labute approximate surface area is 188 Å². The average Bonchev–Trinajstić information content (AvgIpc) is 3.44. The monoisotopic (exact) mass is 438 g/mol. The Bertz CT molecular complexity index is 1070. The number of nitrogens with zero attached hydrogens (tertiary/aromatic N) is 3. The third-order valence-electron chi connectivity index (χ3n) is 6.05. The average molecular weight is 439 g/mol. The van der Waals surface area contributed by atoms with Gasteiger partial charge in [0.2, 0.25) is 0 Å². The Kier molecular flexibility index (Phi) is 6.50. The Morgan fingerprint density at radius 1 is 1.31 bits per heavy atom. The molecular weight excluding hydrogens is 408 g/mol. The van der Waals surface area contributed by atoms with Crippen LogP contribution in [-0.2, 0) is 33.0 Å². The molecule has 1 aromatic carbocycles. The highest BCUT2D eigenvalue weighted by atomic mass is 16.5. The zero-order valence-electron chi connectivity index (χ0n) is 19.1. The highest BCUT2D eigenvalue weighted by Gasteiger charge is 2.29. The number of carbonyl (C=O) groups excluding carboxylic acids is 1. The van der Waals surface area contributed by atoms with Gasteiger partial charge >= 0.3 is 0 Å². The molecular formula is C24H30N4O4. The van der Waals surface area contributed by atoms with Crippen molar-refractivity contribution < 1.29 is 18.7 Å². The summed E-state index contributed by atoms with van der Waals surface area (Å²) < 4.78 is 18.0. The van der Waals surface area contributed by atoms with Gasteiger partial charge in [0.1, 0.15) is 17.3 Å². The zero-order chi connectivity index (χ0) is 22.7. The van der Waals surface area contributed by atoms with Crippen molar-refractivity contribution in [3.05, 3.63) is 64.9 Å². The number of rotatable bonds is 8. The van der Waals surface area contributed by atoms with Crippen LogP contribution in [0.2, 0.25) is 0 Å². The summed E-state index contributed by atoms with van der Waals surface area (Å²) in [6.45, 7) is 1.09. The fraction of sp³-hybridized carbons (Fsp3) is 0.417. The number of hydrogen-bond acceptors (Lipinski definition) is 6. The minimum atomic E-state index is -0.0873. The van der Waals surface area contributed by atoms with E-state index in [2.05, 4.69) is 10.4 Å². The summed E-state index contributed by atoms with van der Waals surface area (Å²) in [6.07, 6.45) is 4.24. The van der Waals surface area contributed by atoms with Gasteiger partial charge in [-0.15, -0.1) is 0 Å². The van der Waals surface area contributed by atoms with Crippen molar-refractivity contribution in [2.75, 3.05) is 21.3 Å². The van der Waals surface area contributed by atoms with Crippen LogP contribution in [0.5, 0.6) is 11.5 Å². The molecule has 0 bridgehead atoms. The molecule has 1 aliphatic rings. The van der Waals surface area contributed by atoms with E-state index in [4.69, 9.17) is 13.9 Å². The van der Waals surface area contributed by atoms with E-state index in [1.165, 1.54) is 0 Å². The number of fused-ring (bicyclic) bond motifs is 1. The molecule has 4 rings (SSSR count). The van der Waals surface area contributed by atoms with Gasteiger partial charge in [0.15, 0.2) is 5.69 Å². The number of hydrogen-bond donors (Lipinski definition) is 1. The van der Waals surface area contributed by atoms with Crippen molar-refractivity contribution >= 4 is 5.91 Å². The summed E-state index contributed by atoms with van der Waals surface area (Å²) >= 11 is 0. The lowest BCUT2D eigenvalue weighted by Gasteiger charge is -2.25. The van der Waals surface area contributed by atoms with Crippen LogP contribution in [0, 0.1) is 0 Å². The predicted molar refractivity (Wildman–Crippen MR) is 120 cm³/mol. The lowest BCUT2D eigenvalue weighted by molar-refractivity contribution is 0.0767. The molecule has 0 radical (unpaired) electrons. The summed E-state index contributed by atoms with van der Waals surface area (Å²) in [7, 11) is 7.00. The first kappa shape index (κ1) is 22.0. The smallest absolute Gasteiger partial charge is 0.274 e. The van der Waals surface area contributed by atoms with Crippen LogP contribution in [0.15, 0.2) is 41.0 Å². The van der Waals surface area contributed by atoms with Gasteiger partial charge in [-0.1, -0.05) is 6.07 Å². The molecule has 0 saturated heterocycles. The maximum Gasteiger partial charge on any atom is 0.274 e. The van der Waals surface area contributed by atoms with Crippen LogP contribution in [0.25, 0.3) is 0 Å². The van der Waals surface area contributed by atoms with E-state index in [1.54, 1.807) is 32.4 Å². The number of aryl methyl sites for hydroxylation is 1. The van der Waals surface area contributed by atoms with E-state index in [0.29, 0.717) is 18.8 Å². The van der Waals surface area contributed by atoms with Crippen molar-refractivity contribution in [1.82, 2.24) is 20.0 Å². The van der Waals surface area contributed by atoms with Crippen LogP contribution >= 0.6 is 0 Å². The number of aromatic nitrogens is 2. The van der Waals surface area contributed by atoms with Crippen molar-refractivity contribution in [2.24, 2.45) is 7.05 Å². The standard InChI is InChI=1S/C24H30N4O4/c1-27(15-19-6-5-11-32-19)24(29)23-20-12-17(8-10-21(20)28(2)26-23)25-14-16-7-9-18(30-3)13-22(16)31-4/h5-7,9,11,13,17,25H,8,10,12,14-15H2,1-4H3. The van der Waals surface area contributed by atoms with Crippen LogP contribution in [0.1, 0.15) is 39.5 Å². The van der Waals surface area contributed by atoms with Gasteiger partial charge < -0.3 is 24.1 Å². The number of carbonyl (C=O) groups is 1. The van der Waals surface area contributed by atoms with Crippen LogP contribution in [0.4, 0.5) is 0 Å². The van der Waals surface area contributed by atoms with Gasteiger partial charge in [-0.25, -0.2) is 0 Å². The highest BCUT2D eigenvalue weighted by Crippen LogP contribution is 2.28. The third-order valence-corrected chi connectivity index (χ3v) is 6.05. The van der Waals surface area contributed by atoms with E-state index >= 15 is 0 Å². The van der Waals surface area contributed by atoms with Crippen molar-refractivity contribution in [1.29, 1.82) is 0 Å². The fourth-order valence-corrected chi connectivity index (χ4v) is 4.28. The molecule has 0 fully saturated rings. The second-order valence-corrected chi connectivity index (χ2v) is 8.14. The van der Waals surface area contributed by atoms with Crippen molar-refractivity contribution in [3.8, 4) is 11.5 Å². The van der Waals surface area contributed by atoms with E-state index < -0.39 is 0 Å². The molecule has 0 aliphatic heterocycles. The van der Waals surface area contributed by atoms with Crippen LogP contribution in [0.3, 0.4) is 0 Å². The molecule has 1 amide bonds. The number of nitrogens with one attached hydrogen (secondary N) is 1. The summed E-state index contributed by atoms with van der Waals surface area (Å²) in [4.78, 5) is 14.8. The Morgan fingerprint density at radius 2 is 2.16 bits per heavy atom. The molecule has 1 atom stereocenters. The number of benzene rings is 1. The summed E-state index contributed by atoms with van der Waals surface area (Å²) in [5, 5.41) is 8.21. The van der Waals surface area contributed by atoms with Gasteiger partial charge in [0, 0.05) is 49.6 Å². The molecule has 2 heterocycles. The molecule has 170 valence electrons. The van der Waals surface area contributed by atoms with E-state index in [9.17, 15) is 4.79 Å². The quantitative estimate of drug-likeness (QED) is 0.582. The summed E-state index contributed by atoms with van der Waals surface area (Å²) in [5.74, 6) is 2.23. The normalized spacial score (nSPS) is 15.3. The molecule has 32 heavy (non-hydrogen) atoms. The Balaban J connectivity index is 1.46. The van der Waals surface area contributed by atoms with Crippen LogP contribution in [-0.4, -0.2) is 47.9 Å². The van der Waals surface area contributed by atoms with Crippen molar-refractivity contribution in [2.45, 2.75) is 38.4 Å². The summed E-state index contributed by atoms with van der Waals surface area (Å²) in [5.41, 5.74) is 3.78. The summed E-state index contributed by atoms with van der Waals surface area (Å²) in [6, 6.07) is 9.78. The Morgan fingerprint density at radius 3 is 2.88 bits per heavy atom. The maximum atomic E-state index is 13.1. The third kappa shape index (κ3) is 4.50. The van der Waals surface area contributed by atoms with E-state index in [-0.39, 0.29) is 11.9 Å². The number of amides is 1. The van der Waals surface area contributed by atoms with Crippen LogP contribution < -0.4 is 14.8 Å². The molecule has 2 aromatic heterocycles. The molecule has 8 nitrogen and oxygen atoms in total. The van der Waals surface area contributed by atoms with Gasteiger partial charge in [0.25, 0.3) is 5.91 Å². The SMILES string of the molecule is COc1ccc(CNC2CCc3c(c(C(=O)N(C)Cc4ccco4)nn3C)C2)c(OC)c1. The minimum Gasteiger partial charge on any atom is -0.497 e. The van der Waals surface area contributed by atoms with Gasteiger partial charge in [-0.2, -0.15) is 5.10 Å². The van der Waals surface area contributed by atoms with Gasteiger partial charge in [-0.3, -0.25) is 9.48 Å². The molecule has 8 heteroatoms. The lowest BCUT2D eigenvalue weighted by atomic mass is 9.91. The van der Waals surface area contributed by atoms with E-state index in [1.807, 2.05) is 42.1 Å². The molecule has 1 aliphatic carbocycles. The first-order valence-corrected chi connectivity index (χ1v) is 10.8. The topological polar surface area (TPSA) is 81.8 Å². The zero-order valence-corrected chi connectivity index (χ0v) is 19.1. The highest BCUT2D eigenvalue weighted by molar-refractivity contribution is 5.94. The maximum absolute atomic E-state index is 13.1. The molecule has 3 aromatic rings. The molecule has 1 N–H and O–H groups in total. The Hall–Kier alpha value is -3.26. The second kappa shape index (κ2) is 9.48. The number of methoxy groups -OCH3 is 2. The molecule has 1 unspecified atom stereocenters. The van der Waals surface area contributed by atoms with E-state index in [0.717, 1.165) is 53.3 Å². The second-order valence-electron chi connectivity index (χ2n) is 8.14. The van der Waals surface area contributed by atoms with Gasteiger partial charge in [0.05, 0.1) is 27.0 Å². The number of ether oxygens (including phenoxy) is 2. The largest absolute Gasteiger partial charge is 0.497 e.